The topological polar surface area (TPSA) is 42.9 Å². The van der Waals surface area contributed by atoms with Gasteiger partial charge in [0.05, 0.1) is 0 Å². The Kier molecular flexibility index (Phi) is 7.37. The molecule has 0 amide bonds. The number of guanidine groups is 1. The predicted molar refractivity (Wildman–Crippen MR) is 104 cm³/mol. The first kappa shape index (κ1) is 18.6. The third-order valence-corrected chi connectivity index (χ3v) is 4.53. The summed E-state index contributed by atoms with van der Waals surface area (Å²) < 4.78 is 0. The Morgan fingerprint density at radius 2 is 1.62 bits per heavy atom. The summed E-state index contributed by atoms with van der Waals surface area (Å²) in [6.45, 7) is 13.0. The number of nitrogens with zero attached hydrogens (tertiary/aromatic N) is 3. The summed E-state index contributed by atoms with van der Waals surface area (Å²) in [5.74, 6) is 1.52. The van der Waals surface area contributed by atoms with Crippen molar-refractivity contribution < 1.29 is 0 Å². The fraction of sp³-hybridized carbons (Fsp3) is 0.632. The summed E-state index contributed by atoms with van der Waals surface area (Å²) in [5, 5.41) is 6.82. The second-order valence-electron chi connectivity index (χ2n) is 6.94. The van der Waals surface area contributed by atoms with Crippen LogP contribution in [0.2, 0.25) is 0 Å². The molecule has 24 heavy (non-hydrogen) atoms. The van der Waals surface area contributed by atoms with E-state index in [1.54, 1.807) is 0 Å². The van der Waals surface area contributed by atoms with Crippen molar-refractivity contribution in [1.82, 2.24) is 15.5 Å². The molecule has 0 spiro atoms. The van der Waals surface area contributed by atoms with E-state index < -0.39 is 0 Å². The van der Waals surface area contributed by atoms with E-state index in [0.717, 1.165) is 45.2 Å². The van der Waals surface area contributed by atoms with Crippen LogP contribution in [-0.4, -0.2) is 63.2 Å². The molecule has 5 heteroatoms. The summed E-state index contributed by atoms with van der Waals surface area (Å²) in [7, 11) is 1.83. The molecule has 1 aliphatic rings. The number of anilines is 1. The normalized spacial score (nSPS) is 17.9. The number of nitrogens with one attached hydrogen (secondary N) is 2. The van der Waals surface area contributed by atoms with Crippen LogP contribution in [0.1, 0.15) is 20.8 Å². The zero-order valence-electron chi connectivity index (χ0n) is 15.6. The number of hydrogen-bond acceptors (Lipinski definition) is 3. The molecule has 1 saturated heterocycles. The van der Waals surface area contributed by atoms with Crippen LogP contribution in [0.3, 0.4) is 0 Å². The van der Waals surface area contributed by atoms with Crippen LogP contribution in [0.15, 0.2) is 35.3 Å². The van der Waals surface area contributed by atoms with E-state index in [0.29, 0.717) is 12.0 Å². The predicted octanol–water partition coefficient (Wildman–Crippen LogP) is 2.02. The van der Waals surface area contributed by atoms with Crippen LogP contribution in [0, 0.1) is 5.92 Å². The van der Waals surface area contributed by atoms with Gasteiger partial charge in [0.2, 0.25) is 0 Å². The van der Waals surface area contributed by atoms with Crippen LogP contribution < -0.4 is 15.5 Å². The summed E-state index contributed by atoms with van der Waals surface area (Å²) in [4.78, 5) is 9.33. The minimum atomic E-state index is 0.500. The van der Waals surface area contributed by atoms with Gasteiger partial charge in [-0.25, -0.2) is 0 Å². The largest absolute Gasteiger partial charge is 0.369 e. The zero-order chi connectivity index (χ0) is 17.4. The lowest BCUT2D eigenvalue weighted by Gasteiger charge is -2.39. The summed E-state index contributed by atoms with van der Waals surface area (Å²) >= 11 is 0. The van der Waals surface area contributed by atoms with Crippen molar-refractivity contribution in [2.75, 3.05) is 51.2 Å². The summed E-state index contributed by atoms with van der Waals surface area (Å²) in [5.41, 5.74) is 1.33. The highest BCUT2D eigenvalue weighted by Gasteiger charge is 2.21. The molecule has 0 aliphatic carbocycles. The van der Waals surface area contributed by atoms with E-state index in [-0.39, 0.29) is 0 Å². The fourth-order valence-corrected chi connectivity index (χ4v) is 2.95. The molecule has 0 radical (unpaired) electrons. The van der Waals surface area contributed by atoms with Gasteiger partial charge in [-0.3, -0.25) is 9.89 Å². The van der Waals surface area contributed by atoms with Gasteiger partial charge in [0.25, 0.3) is 0 Å². The first-order valence-corrected chi connectivity index (χ1v) is 9.08. The zero-order valence-corrected chi connectivity index (χ0v) is 15.6. The molecule has 1 aliphatic heterocycles. The second-order valence-corrected chi connectivity index (χ2v) is 6.94. The lowest BCUT2D eigenvalue weighted by atomic mass is 10.2. The Morgan fingerprint density at radius 3 is 2.21 bits per heavy atom. The average molecular weight is 332 g/mol. The molecule has 2 rings (SSSR count). The van der Waals surface area contributed by atoms with Crippen molar-refractivity contribution in [2.24, 2.45) is 10.9 Å². The lowest BCUT2D eigenvalue weighted by Crippen LogP contribution is -2.53. The smallest absolute Gasteiger partial charge is 0.191 e. The van der Waals surface area contributed by atoms with E-state index in [1.807, 2.05) is 7.05 Å². The molecule has 1 atom stereocenters. The molecule has 2 N–H and O–H groups in total. The van der Waals surface area contributed by atoms with Gasteiger partial charge in [0.1, 0.15) is 0 Å². The number of piperazine rings is 1. The van der Waals surface area contributed by atoms with Crippen molar-refractivity contribution in [2.45, 2.75) is 26.8 Å². The highest BCUT2D eigenvalue weighted by atomic mass is 15.3. The van der Waals surface area contributed by atoms with Gasteiger partial charge in [-0.15, -0.1) is 0 Å². The molecule has 1 fully saturated rings. The Morgan fingerprint density at radius 1 is 1.00 bits per heavy atom. The third kappa shape index (κ3) is 5.71. The molecule has 5 nitrogen and oxygen atoms in total. The number of aliphatic imine (C=N–C) groups is 1. The number of hydrogen-bond donors (Lipinski definition) is 2. The van der Waals surface area contributed by atoms with Crippen molar-refractivity contribution in [3.05, 3.63) is 30.3 Å². The van der Waals surface area contributed by atoms with Crippen LogP contribution in [0.5, 0.6) is 0 Å². The third-order valence-electron chi connectivity index (χ3n) is 4.53. The summed E-state index contributed by atoms with van der Waals surface area (Å²) in [6, 6.07) is 11.2. The van der Waals surface area contributed by atoms with Crippen LogP contribution in [0.4, 0.5) is 5.69 Å². The minimum Gasteiger partial charge on any atom is -0.369 e. The number of para-hydroxylation sites is 1. The SMILES string of the molecule is CN=C(NCC(C)C)NCC(C)N1CCN(c2ccccc2)CC1. The maximum absolute atomic E-state index is 4.30. The molecule has 1 aromatic carbocycles. The maximum Gasteiger partial charge on any atom is 0.191 e. The van der Waals surface area contributed by atoms with E-state index in [4.69, 9.17) is 0 Å². The van der Waals surface area contributed by atoms with E-state index in [2.05, 4.69) is 76.5 Å². The van der Waals surface area contributed by atoms with Gasteiger partial charge in [0.15, 0.2) is 5.96 Å². The van der Waals surface area contributed by atoms with Crippen LogP contribution in [-0.2, 0) is 0 Å². The molecule has 1 heterocycles. The van der Waals surface area contributed by atoms with Crippen molar-refractivity contribution in [3.8, 4) is 0 Å². The molecule has 134 valence electrons. The number of rotatable bonds is 6. The van der Waals surface area contributed by atoms with Gasteiger partial charge in [-0.2, -0.15) is 0 Å². The molecule has 0 saturated carbocycles. The van der Waals surface area contributed by atoms with E-state index in [1.165, 1.54) is 5.69 Å². The standard InChI is InChI=1S/C19H33N5/c1-16(2)14-21-19(20-4)22-15-17(3)23-10-12-24(13-11-23)18-8-6-5-7-9-18/h5-9,16-17H,10-15H2,1-4H3,(H2,20,21,22). The van der Waals surface area contributed by atoms with Crippen molar-refractivity contribution in [3.63, 3.8) is 0 Å². The molecular weight excluding hydrogens is 298 g/mol. The minimum absolute atomic E-state index is 0.500. The monoisotopic (exact) mass is 331 g/mol. The van der Waals surface area contributed by atoms with Gasteiger partial charge in [0, 0.05) is 58.0 Å². The lowest BCUT2D eigenvalue weighted by molar-refractivity contribution is 0.197. The highest BCUT2D eigenvalue weighted by molar-refractivity contribution is 5.79. The average Bonchev–Trinajstić information content (AvgIpc) is 2.62. The molecule has 1 aromatic rings. The molecular formula is C19H33N5. The van der Waals surface area contributed by atoms with E-state index >= 15 is 0 Å². The Balaban J connectivity index is 1.73. The second kappa shape index (κ2) is 9.52. The van der Waals surface area contributed by atoms with Gasteiger partial charge < -0.3 is 15.5 Å². The fourth-order valence-electron chi connectivity index (χ4n) is 2.95. The first-order valence-electron chi connectivity index (χ1n) is 9.08. The van der Waals surface area contributed by atoms with Crippen LogP contribution >= 0.6 is 0 Å². The summed E-state index contributed by atoms with van der Waals surface area (Å²) in [6.07, 6.45) is 0. The molecule has 1 unspecified atom stereocenters. The van der Waals surface area contributed by atoms with E-state index in [9.17, 15) is 0 Å². The van der Waals surface area contributed by atoms with Crippen molar-refractivity contribution in [1.29, 1.82) is 0 Å². The Bertz CT molecular complexity index is 492. The maximum atomic E-state index is 4.30. The number of benzene rings is 1. The van der Waals surface area contributed by atoms with Gasteiger partial charge in [-0.05, 0) is 25.0 Å². The first-order chi connectivity index (χ1) is 11.6. The quantitative estimate of drug-likeness (QED) is 0.618. The molecule has 0 bridgehead atoms. The Labute approximate surface area is 147 Å². The highest BCUT2D eigenvalue weighted by Crippen LogP contribution is 2.16. The van der Waals surface area contributed by atoms with Crippen molar-refractivity contribution >= 4 is 11.6 Å². The Hall–Kier alpha value is -1.75. The van der Waals surface area contributed by atoms with Crippen LogP contribution in [0.25, 0.3) is 0 Å². The van der Waals surface area contributed by atoms with Gasteiger partial charge >= 0.3 is 0 Å². The van der Waals surface area contributed by atoms with Gasteiger partial charge in [-0.1, -0.05) is 32.0 Å². The molecule has 0 aromatic heterocycles.